The van der Waals surface area contributed by atoms with Gasteiger partial charge in [-0.2, -0.15) is 0 Å². The van der Waals surface area contributed by atoms with Gasteiger partial charge in [-0.25, -0.2) is 0 Å². The van der Waals surface area contributed by atoms with E-state index in [1.54, 1.807) is 12.1 Å². The molecule has 2 aromatic rings. The van der Waals surface area contributed by atoms with Crippen LogP contribution in [-0.4, -0.2) is 17.3 Å². The highest BCUT2D eigenvalue weighted by Gasteiger charge is 2.49. The van der Waals surface area contributed by atoms with Crippen molar-refractivity contribution in [2.75, 3.05) is 0 Å². The highest BCUT2D eigenvalue weighted by atomic mass is 35.5. The molecule has 0 amide bonds. The van der Waals surface area contributed by atoms with Crippen molar-refractivity contribution in [3.63, 3.8) is 0 Å². The van der Waals surface area contributed by atoms with Crippen LogP contribution in [0.4, 0.5) is 0 Å². The van der Waals surface area contributed by atoms with Crippen molar-refractivity contribution in [1.29, 1.82) is 0 Å². The summed E-state index contributed by atoms with van der Waals surface area (Å²) >= 11 is 6.00. The number of halogens is 1. The minimum absolute atomic E-state index is 0.112. The number of hydrogen-bond acceptors (Lipinski definition) is 4. The zero-order chi connectivity index (χ0) is 24.3. The van der Waals surface area contributed by atoms with E-state index in [4.69, 9.17) is 21.3 Å². The minimum atomic E-state index is -0.386. The van der Waals surface area contributed by atoms with E-state index in [9.17, 15) is 9.59 Å². The molecule has 0 aromatic heterocycles. The van der Waals surface area contributed by atoms with E-state index in [0.29, 0.717) is 29.4 Å². The molecule has 2 atom stereocenters. The van der Waals surface area contributed by atoms with Gasteiger partial charge in [-0.15, -0.1) is 0 Å². The third-order valence-electron chi connectivity index (χ3n) is 7.10. The lowest BCUT2D eigenvalue weighted by molar-refractivity contribution is -0.124. The summed E-state index contributed by atoms with van der Waals surface area (Å²) in [6.07, 6.45) is 2.49. The van der Waals surface area contributed by atoms with Gasteiger partial charge in [-0.3, -0.25) is 14.6 Å². The quantitative estimate of drug-likeness (QED) is 0.467. The summed E-state index contributed by atoms with van der Waals surface area (Å²) in [6.45, 7) is 8.48. The van der Waals surface area contributed by atoms with Crippen molar-refractivity contribution in [2.45, 2.75) is 59.3 Å². The molecular weight excluding hydrogens is 446 g/mol. The van der Waals surface area contributed by atoms with Crippen LogP contribution in [-0.2, 0) is 9.59 Å². The van der Waals surface area contributed by atoms with Crippen molar-refractivity contribution < 1.29 is 14.3 Å². The molecule has 1 saturated carbocycles. The van der Waals surface area contributed by atoms with E-state index in [1.165, 1.54) is 0 Å². The van der Waals surface area contributed by atoms with Crippen LogP contribution in [0.2, 0.25) is 5.02 Å². The lowest BCUT2D eigenvalue weighted by atomic mass is 9.60. The van der Waals surface area contributed by atoms with Crippen LogP contribution in [0.5, 0.6) is 11.5 Å². The largest absolute Gasteiger partial charge is 0.457 e. The van der Waals surface area contributed by atoms with Crippen LogP contribution >= 0.6 is 11.6 Å². The second kappa shape index (κ2) is 8.20. The first-order valence-corrected chi connectivity index (χ1v) is 12.3. The van der Waals surface area contributed by atoms with E-state index in [-0.39, 0.29) is 34.2 Å². The van der Waals surface area contributed by atoms with Crippen LogP contribution < -0.4 is 4.74 Å². The Labute approximate surface area is 206 Å². The first kappa shape index (κ1) is 23.0. The molecule has 0 spiro atoms. The van der Waals surface area contributed by atoms with E-state index < -0.39 is 0 Å². The van der Waals surface area contributed by atoms with Crippen molar-refractivity contribution in [3.05, 3.63) is 70.4 Å². The fourth-order valence-corrected chi connectivity index (χ4v) is 5.91. The minimum Gasteiger partial charge on any atom is -0.457 e. The van der Waals surface area contributed by atoms with Gasteiger partial charge in [0.2, 0.25) is 0 Å². The molecule has 0 saturated heterocycles. The van der Waals surface area contributed by atoms with Crippen molar-refractivity contribution >= 4 is 28.9 Å². The molecule has 34 heavy (non-hydrogen) atoms. The Kier molecular flexibility index (Phi) is 5.55. The predicted molar refractivity (Wildman–Crippen MR) is 135 cm³/mol. The summed E-state index contributed by atoms with van der Waals surface area (Å²) in [6, 6.07) is 15.0. The molecule has 1 fully saturated rings. The number of ether oxygens (including phenoxy) is 1. The van der Waals surface area contributed by atoms with Crippen LogP contribution in [0.15, 0.2) is 64.8 Å². The summed E-state index contributed by atoms with van der Waals surface area (Å²) in [5, 5.41) is 0.645. The molecule has 5 heteroatoms. The van der Waals surface area contributed by atoms with Gasteiger partial charge in [0.1, 0.15) is 17.3 Å². The number of carbonyl (C=O) groups is 2. The molecule has 176 valence electrons. The van der Waals surface area contributed by atoms with Crippen molar-refractivity contribution in [2.24, 2.45) is 21.7 Å². The third kappa shape index (κ3) is 4.36. The molecule has 1 heterocycles. The molecule has 1 aliphatic heterocycles. The van der Waals surface area contributed by atoms with Crippen LogP contribution in [0, 0.1) is 16.7 Å². The normalized spacial score (nSPS) is 25.4. The molecule has 0 bridgehead atoms. The summed E-state index contributed by atoms with van der Waals surface area (Å²) in [7, 11) is 0. The number of benzene rings is 2. The third-order valence-corrected chi connectivity index (χ3v) is 7.36. The lowest BCUT2D eigenvalue weighted by Gasteiger charge is -2.44. The van der Waals surface area contributed by atoms with Gasteiger partial charge in [0.15, 0.2) is 5.78 Å². The maximum atomic E-state index is 13.5. The Morgan fingerprint density at radius 1 is 0.853 bits per heavy atom. The van der Waals surface area contributed by atoms with Crippen LogP contribution in [0.25, 0.3) is 0 Å². The Hall–Kier alpha value is -2.72. The van der Waals surface area contributed by atoms with Gasteiger partial charge in [-0.05, 0) is 65.6 Å². The molecule has 2 unspecified atom stereocenters. The number of hydrogen-bond donors (Lipinski definition) is 0. The number of allylic oxidation sites excluding steroid dienone is 2. The van der Waals surface area contributed by atoms with Gasteiger partial charge in [0.25, 0.3) is 0 Å². The zero-order valence-corrected chi connectivity index (χ0v) is 20.9. The summed E-state index contributed by atoms with van der Waals surface area (Å²) in [4.78, 5) is 32.0. The number of ketones is 2. The molecule has 5 rings (SSSR count). The fourth-order valence-electron chi connectivity index (χ4n) is 5.78. The molecule has 2 aromatic carbocycles. The van der Waals surface area contributed by atoms with Gasteiger partial charge < -0.3 is 4.74 Å². The second-order valence-electron chi connectivity index (χ2n) is 11.5. The van der Waals surface area contributed by atoms with E-state index in [1.807, 2.05) is 36.4 Å². The van der Waals surface area contributed by atoms with Gasteiger partial charge in [-0.1, -0.05) is 51.4 Å². The first-order valence-electron chi connectivity index (χ1n) is 11.9. The van der Waals surface area contributed by atoms with E-state index >= 15 is 0 Å². The Morgan fingerprint density at radius 3 is 2.29 bits per heavy atom. The van der Waals surface area contributed by atoms with Gasteiger partial charge >= 0.3 is 0 Å². The average molecular weight is 476 g/mol. The van der Waals surface area contributed by atoms with E-state index in [0.717, 1.165) is 35.4 Å². The zero-order valence-electron chi connectivity index (χ0n) is 20.2. The number of Topliss-reactive ketones (excluding diaryl/α,β-unsaturated/α-hetero) is 2. The molecular formula is C29H30ClNO3. The maximum Gasteiger partial charge on any atom is 0.161 e. The monoisotopic (exact) mass is 475 g/mol. The Bertz CT molecular complexity index is 1240. The van der Waals surface area contributed by atoms with Gasteiger partial charge in [0, 0.05) is 40.8 Å². The highest BCUT2D eigenvalue weighted by molar-refractivity contribution is 6.30. The predicted octanol–water partition coefficient (Wildman–Crippen LogP) is 7.32. The number of carbonyl (C=O) groups excluding carboxylic acids is 2. The highest BCUT2D eigenvalue weighted by Crippen LogP contribution is 2.51. The SMILES string of the molecule is CC1(C)CC(=O)C2C(=NC3=C(C(=O)CC(C)(C)C3)C2c2cccc(Oc3ccc(Cl)cc3)c2)C1. The van der Waals surface area contributed by atoms with Crippen LogP contribution in [0.3, 0.4) is 0 Å². The van der Waals surface area contributed by atoms with Crippen molar-refractivity contribution in [1.82, 2.24) is 0 Å². The fraction of sp³-hybridized carbons (Fsp3) is 0.414. The Balaban J connectivity index is 1.59. The topological polar surface area (TPSA) is 55.7 Å². The van der Waals surface area contributed by atoms with Crippen molar-refractivity contribution in [3.8, 4) is 11.5 Å². The summed E-state index contributed by atoms with van der Waals surface area (Å²) < 4.78 is 6.08. The molecule has 3 aliphatic rings. The molecule has 4 nitrogen and oxygen atoms in total. The Morgan fingerprint density at radius 2 is 1.56 bits per heavy atom. The number of rotatable bonds is 3. The second-order valence-corrected chi connectivity index (χ2v) is 11.9. The summed E-state index contributed by atoms with van der Waals surface area (Å²) in [5.74, 6) is 0.927. The molecule has 2 aliphatic carbocycles. The number of nitrogens with zero attached hydrogens (tertiary/aromatic N) is 1. The first-order chi connectivity index (χ1) is 16.0. The molecule has 0 radical (unpaired) electrons. The van der Waals surface area contributed by atoms with Gasteiger partial charge in [0.05, 0.1) is 5.92 Å². The average Bonchev–Trinajstić information content (AvgIpc) is 2.72. The maximum absolute atomic E-state index is 13.5. The number of aliphatic imine (C=N–C) groups is 1. The number of fused-ring (bicyclic) bond motifs is 1. The van der Waals surface area contributed by atoms with E-state index in [2.05, 4.69) is 27.7 Å². The lowest BCUT2D eigenvalue weighted by Crippen LogP contribution is -2.45. The molecule has 0 N–H and O–H groups in total. The van der Waals surface area contributed by atoms with Crippen LogP contribution in [0.1, 0.15) is 64.9 Å². The summed E-state index contributed by atoms with van der Waals surface area (Å²) in [5.41, 5.74) is 3.20. The standard InChI is InChI=1S/C29H30ClNO3/c1-28(2)13-21-26(23(32)15-28)25(27-22(31-21)14-29(3,4)16-24(27)33)17-6-5-7-20(12-17)34-19-10-8-18(30)9-11-19/h5-12,25-26H,13-16H2,1-4H3. The smallest absolute Gasteiger partial charge is 0.161 e.